The van der Waals surface area contributed by atoms with Crippen molar-refractivity contribution >= 4 is 29.3 Å². The first-order chi connectivity index (χ1) is 11.4. The summed E-state index contributed by atoms with van der Waals surface area (Å²) in [6, 6.07) is 5.60. The molecule has 1 aromatic carbocycles. The van der Waals surface area contributed by atoms with Gasteiger partial charge in [-0.3, -0.25) is 24.1 Å². The number of nitrogens with zero attached hydrogens (tertiary/aromatic N) is 1. The second kappa shape index (κ2) is 7.72. The normalized spacial score (nSPS) is 14.0. The molecule has 4 amide bonds. The Labute approximate surface area is 140 Å². The fourth-order valence-corrected chi connectivity index (χ4v) is 2.43. The van der Waals surface area contributed by atoms with Crippen molar-refractivity contribution in [1.29, 1.82) is 0 Å². The van der Waals surface area contributed by atoms with Crippen molar-refractivity contribution in [3.63, 3.8) is 0 Å². The minimum absolute atomic E-state index is 0.00572. The summed E-state index contributed by atoms with van der Waals surface area (Å²) in [6.45, 7) is 3.76. The van der Waals surface area contributed by atoms with E-state index in [-0.39, 0.29) is 56.0 Å². The van der Waals surface area contributed by atoms with Gasteiger partial charge in [-0.25, -0.2) is 0 Å². The van der Waals surface area contributed by atoms with Crippen LogP contribution in [0.5, 0.6) is 0 Å². The third kappa shape index (κ3) is 4.41. The molecule has 1 heterocycles. The number of nitrogens with one attached hydrogen (secondary N) is 2. The van der Waals surface area contributed by atoms with Crippen LogP contribution in [0.1, 0.15) is 30.4 Å². The van der Waals surface area contributed by atoms with E-state index in [4.69, 9.17) is 0 Å². The molecule has 24 heavy (non-hydrogen) atoms. The molecule has 7 heteroatoms. The zero-order valence-corrected chi connectivity index (χ0v) is 13.8. The Bertz CT molecular complexity index is 668. The summed E-state index contributed by atoms with van der Waals surface area (Å²) in [5.41, 5.74) is 2.75. The number of hydrogen-bond acceptors (Lipinski definition) is 4. The van der Waals surface area contributed by atoms with Gasteiger partial charge in [0.1, 0.15) is 0 Å². The lowest BCUT2D eigenvalue weighted by Crippen LogP contribution is -2.37. The summed E-state index contributed by atoms with van der Waals surface area (Å²) in [6.07, 6.45) is 0.408. The van der Waals surface area contributed by atoms with Crippen LogP contribution in [-0.2, 0) is 19.2 Å². The van der Waals surface area contributed by atoms with E-state index in [1.807, 2.05) is 26.0 Å². The highest BCUT2D eigenvalue weighted by Gasteiger charge is 2.28. The van der Waals surface area contributed by atoms with Gasteiger partial charge in [0.2, 0.25) is 23.6 Å². The minimum atomic E-state index is -0.376. The molecule has 128 valence electrons. The summed E-state index contributed by atoms with van der Waals surface area (Å²) in [5.74, 6) is -1.20. The Morgan fingerprint density at radius 3 is 2.42 bits per heavy atom. The standard InChI is InChI=1S/C17H21N3O4/c1-11-4-3-5-13(12(11)2)19-15(22)10-18-14(21)8-9-20-16(23)6-7-17(20)24/h3-5H,6-10H2,1-2H3,(H,18,21)(H,19,22). The first kappa shape index (κ1) is 17.7. The summed E-state index contributed by atoms with van der Waals surface area (Å²) in [4.78, 5) is 47.6. The van der Waals surface area contributed by atoms with Crippen LogP contribution in [0.2, 0.25) is 0 Å². The molecule has 2 N–H and O–H groups in total. The van der Waals surface area contributed by atoms with Crippen LogP contribution in [-0.4, -0.2) is 41.6 Å². The molecule has 1 aliphatic heterocycles. The fourth-order valence-electron chi connectivity index (χ4n) is 2.43. The van der Waals surface area contributed by atoms with Gasteiger partial charge >= 0.3 is 0 Å². The molecular weight excluding hydrogens is 310 g/mol. The summed E-state index contributed by atoms with van der Waals surface area (Å²) in [7, 11) is 0. The average Bonchev–Trinajstić information content (AvgIpc) is 2.86. The monoisotopic (exact) mass is 331 g/mol. The van der Waals surface area contributed by atoms with Crippen LogP contribution in [0.4, 0.5) is 5.69 Å². The maximum atomic E-state index is 11.9. The summed E-state index contributed by atoms with van der Waals surface area (Å²) < 4.78 is 0. The van der Waals surface area contributed by atoms with Crippen LogP contribution >= 0.6 is 0 Å². The van der Waals surface area contributed by atoms with Crippen LogP contribution < -0.4 is 10.6 Å². The lowest BCUT2D eigenvalue weighted by molar-refractivity contribution is -0.138. The average molecular weight is 331 g/mol. The molecule has 0 spiro atoms. The quantitative estimate of drug-likeness (QED) is 0.757. The topological polar surface area (TPSA) is 95.6 Å². The van der Waals surface area contributed by atoms with Gasteiger partial charge in [-0.15, -0.1) is 0 Å². The Balaban J connectivity index is 1.75. The molecule has 0 aromatic heterocycles. The van der Waals surface area contributed by atoms with Gasteiger partial charge < -0.3 is 10.6 Å². The van der Waals surface area contributed by atoms with Gasteiger partial charge in [0.15, 0.2) is 0 Å². The van der Waals surface area contributed by atoms with E-state index in [1.54, 1.807) is 6.07 Å². The third-order valence-electron chi connectivity index (χ3n) is 4.04. The lowest BCUT2D eigenvalue weighted by atomic mass is 10.1. The lowest BCUT2D eigenvalue weighted by Gasteiger charge is -2.13. The first-order valence-electron chi connectivity index (χ1n) is 7.84. The molecule has 0 bridgehead atoms. The molecule has 1 aliphatic rings. The van der Waals surface area contributed by atoms with Gasteiger partial charge in [0, 0.05) is 31.5 Å². The maximum absolute atomic E-state index is 11.9. The van der Waals surface area contributed by atoms with Gasteiger partial charge in [-0.1, -0.05) is 12.1 Å². The molecule has 2 rings (SSSR count). The first-order valence-corrected chi connectivity index (χ1v) is 7.84. The maximum Gasteiger partial charge on any atom is 0.243 e. The molecule has 1 aromatic rings. The second-order valence-electron chi connectivity index (χ2n) is 5.76. The van der Waals surface area contributed by atoms with Crippen molar-refractivity contribution in [2.45, 2.75) is 33.1 Å². The van der Waals surface area contributed by atoms with Crippen molar-refractivity contribution in [2.24, 2.45) is 0 Å². The predicted molar refractivity (Wildman–Crippen MR) is 88.1 cm³/mol. The van der Waals surface area contributed by atoms with E-state index in [1.165, 1.54) is 0 Å². The Kier molecular flexibility index (Phi) is 5.68. The number of imide groups is 1. The second-order valence-corrected chi connectivity index (χ2v) is 5.76. The molecule has 0 atom stereocenters. The van der Waals surface area contributed by atoms with E-state index in [0.29, 0.717) is 5.69 Å². The number of aryl methyl sites for hydroxylation is 1. The zero-order chi connectivity index (χ0) is 17.7. The number of benzene rings is 1. The van der Waals surface area contributed by atoms with Crippen molar-refractivity contribution in [1.82, 2.24) is 10.2 Å². The Hall–Kier alpha value is -2.70. The number of rotatable bonds is 6. The molecule has 0 unspecified atom stereocenters. The van der Waals surface area contributed by atoms with Crippen molar-refractivity contribution < 1.29 is 19.2 Å². The highest BCUT2D eigenvalue weighted by molar-refractivity contribution is 6.02. The van der Waals surface area contributed by atoms with Crippen LogP contribution in [0.15, 0.2) is 18.2 Å². The van der Waals surface area contributed by atoms with Crippen molar-refractivity contribution in [2.75, 3.05) is 18.4 Å². The van der Waals surface area contributed by atoms with E-state index in [2.05, 4.69) is 10.6 Å². The van der Waals surface area contributed by atoms with E-state index < -0.39 is 0 Å². The number of anilines is 1. The highest BCUT2D eigenvalue weighted by atomic mass is 16.2. The van der Waals surface area contributed by atoms with Crippen molar-refractivity contribution in [3.8, 4) is 0 Å². The number of carbonyl (C=O) groups excluding carboxylic acids is 4. The van der Waals surface area contributed by atoms with Crippen LogP contribution in [0.3, 0.4) is 0 Å². The molecule has 0 radical (unpaired) electrons. The van der Waals surface area contributed by atoms with E-state index >= 15 is 0 Å². The number of amides is 4. The van der Waals surface area contributed by atoms with Gasteiger partial charge in [0.25, 0.3) is 0 Å². The van der Waals surface area contributed by atoms with E-state index in [0.717, 1.165) is 16.0 Å². The van der Waals surface area contributed by atoms with Crippen LogP contribution in [0, 0.1) is 13.8 Å². The number of likely N-dealkylation sites (tertiary alicyclic amines) is 1. The molecule has 0 aliphatic carbocycles. The Morgan fingerprint density at radius 2 is 1.75 bits per heavy atom. The van der Waals surface area contributed by atoms with Crippen molar-refractivity contribution in [3.05, 3.63) is 29.3 Å². The predicted octanol–water partition coefficient (Wildman–Crippen LogP) is 0.897. The minimum Gasteiger partial charge on any atom is -0.347 e. The largest absolute Gasteiger partial charge is 0.347 e. The smallest absolute Gasteiger partial charge is 0.243 e. The highest BCUT2D eigenvalue weighted by Crippen LogP contribution is 2.17. The molecule has 0 saturated carbocycles. The molecular formula is C17H21N3O4. The van der Waals surface area contributed by atoms with Gasteiger partial charge in [-0.05, 0) is 31.0 Å². The number of carbonyl (C=O) groups is 4. The fraction of sp³-hybridized carbons (Fsp3) is 0.412. The third-order valence-corrected chi connectivity index (χ3v) is 4.04. The SMILES string of the molecule is Cc1cccc(NC(=O)CNC(=O)CCN2C(=O)CCC2=O)c1C. The summed E-state index contributed by atoms with van der Waals surface area (Å²) >= 11 is 0. The number of hydrogen-bond donors (Lipinski definition) is 2. The van der Waals surface area contributed by atoms with Crippen LogP contribution in [0.25, 0.3) is 0 Å². The zero-order valence-electron chi connectivity index (χ0n) is 13.8. The molecule has 1 saturated heterocycles. The summed E-state index contributed by atoms with van der Waals surface area (Å²) in [5, 5.41) is 5.24. The van der Waals surface area contributed by atoms with E-state index in [9.17, 15) is 19.2 Å². The molecule has 1 fully saturated rings. The van der Waals surface area contributed by atoms with Gasteiger partial charge in [-0.2, -0.15) is 0 Å². The molecule has 7 nitrogen and oxygen atoms in total. The Morgan fingerprint density at radius 1 is 1.08 bits per heavy atom. The van der Waals surface area contributed by atoms with Gasteiger partial charge in [0.05, 0.1) is 6.54 Å².